The van der Waals surface area contributed by atoms with Crippen LogP contribution in [0.1, 0.15) is 216 Å². The van der Waals surface area contributed by atoms with Gasteiger partial charge in [-0.2, -0.15) is 0 Å². The number of likely N-dealkylation sites (tertiary alicyclic amines) is 2. The number of benzene rings is 7. The van der Waals surface area contributed by atoms with Crippen LogP contribution in [0.5, 0.6) is 0 Å². The fourth-order valence-electron chi connectivity index (χ4n) is 21.2. The Balaban J connectivity index is 0.000000188. The first-order valence-corrected chi connectivity index (χ1v) is 50.0. The zero-order chi connectivity index (χ0) is 100. The van der Waals surface area contributed by atoms with E-state index >= 15 is 0 Å². The minimum atomic E-state index is -0.824. The number of carbonyl (C=O) groups excluding carboxylic acids is 5. The van der Waals surface area contributed by atoms with E-state index in [1.807, 2.05) is 77.5 Å². The van der Waals surface area contributed by atoms with E-state index in [0.717, 1.165) is 163 Å². The standard InChI is InChI=1S/C23H21F2NO.C20H26F2N2O3.C19H26F2N2O2.C19H28F2N2O2.C19H30F2N2O.C9H19N/c24-21-11-20(12-22(25)14-21)13-23(17-27)26(15-18-7-3-1-4-8-18)16-19-9-5-2-6-10-19;1-3-4-13-5-6-24-18(10-13)19(27-20(24)26)17(23-12(2)25)9-14-7-15(21)11-16(22)8-14;1-3-4-12-5-6-23-17(10-12)18(25-19(23)24)16(22-2)9-13-7-14(20)11-15(21)8-13;1-3-4-13-5-6-22-17(9-13)19(25)18(23-12(2)24)10-14-7-15(20)11-16(21)8-14;1-4-5-13-6-7-23(3)18(11-13)19(24)17(22-2)10-14-8-15(20)12-16(21)9-14;1-3-4-9-5-7-10(2)8-6-9/h1-12,14,17,23H,13,15-16H2;7-8,11,13,17-19H,3-6,9-10H2,1-2H3,(H,23,25);7-8,11-12,16-18,22H,3-6,9-10H2,1-2H3;7-8,11,13,17-19,22,25H,3-6,9-10H2,1-2H3,(H,23,24);8-9,12-13,17-19,22,24H,4-7,10-11H2,1-3H3;9H,3-8H2,1-2H3/t23-;13?,17-,18-,19-;12?,16-,17-,18-;13?,17-,18-,19+;13?,17-,18+,19-;/m10000./s1. The number of ether oxygens (including phenoxy) is 2. The average molecular weight is 1930 g/mol. The summed E-state index contributed by atoms with van der Waals surface area (Å²) < 4.78 is 146. The summed E-state index contributed by atoms with van der Waals surface area (Å²) in [4.78, 5) is 69.9. The summed E-state index contributed by atoms with van der Waals surface area (Å²) in [6, 6.07) is 34.6. The van der Waals surface area contributed by atoms with Gasteiger partial charge >= 0.3 is 12.2 Å². The van der Waals surface area contributed by atoms with E-state index in [-0.39, 0.29) is 85.6 Å². The van der Waals surface area contributed by atoms with E-state index in [1.54, 1.807) is 19.0 Å². The maximum Gasteiger partial charge on any atom is 0.410 e. The number of aldehydes is 1. The number of aliphatic hydroxyl groups is 2. The lowest BCUT2D eigenvalue weighted by molar-refractivity contribution is -0.121. The SMILES string of the molecule is CCCC1CCN(C)CC1.CCCC1CCN(C)[C@@H]([C@@H](O)[C@H](Cc2cc(F)cc(F)c2)NC)C1.CCCC1CCN2C(=O)O[C@@H]([C@H](Cc3cc(F)cc(F)c3)NC(C)=O)[C@@H]2C1.CCCC1CCN2C(=O)O[C@@H]([C@H](Cc3cc(F)cc(F)c3)NC)[C@@H]2C1.CCCC1CCN[C@H]([C@@H](O)[C@H](Cc2cc(F)cc(F)c2)NC(C)=O)C1.O=C[C@@H](Cc1cc(F)cc(F)c1)N(Cc1ccccc1)Cc1ccccc1. The lowest BCUT2D eigenvalue weighted by Crippen LogP contribution is -2.55. The van der Waals surface area contributed by atoms with Gasteiger partial charge in [0.2, 0.25) is 11.8 Å². The van der Waals surface area contributed by atoms with Crippen LogP contribution in [-0.4, -0.2) is 211 Å². The third-order valence-electron chi connectivity index (χ3n) is 28.0. The molecular weight excluding hydrogens is 1780 g/mol. The summed E-state index contributed by atoms with van der Waals surface area (Å²) in [5.74, 6) is -3.44. The van der Waals surface area contributed by atoms with Gasteiger partial charge in [0.15, 0.2) is 0 Å². The Morgan fingerprint density at radius 3 is 1.17 bits per heavy atom. The van der Waals surface area contributed by atoms with Crippen LogP contribution >= 0.6 is 0 Å². The van der Waals surface area contributed by atoms with E-state index < -0.39 is 94.6 Å². The number of carbonyl (C=O) groups is 5. The van der Waals surface area contributed by atoms with Crippen molar-refractivity contribution in [3.63, 3.8) is 0 Å². The maximum absolute atomic E-state index is 13.6. The Morgan fingerprint density at radius 1 is 0.428 bits per heavy atom. The van der Waals surface area contributed by atoms with Gasteiger partial charge in [-0.05, 0) is 280 Å². The van der Waals surface area contributed by atoms with Crippen LogP contribution in [0, 0.1) is 87.8 Å². The van der Waals surface area contributed by atoms with Crippen molar-refractivity contribution >= 4 is 30.3 Å². The molecule has 17 atom stereocenters. The Hall–Kier alpha value is -9.33. The third kappa shape index (κ3) is 36.3. The molecule has 4 unspecified atom stereocenters. The molecule has 4 amide bonds. The molecule has 0 spiro atoms. The van der Waals surface area contributed by atoms with Gasteiger partial charge in [0.25, 0.3) is 0 Å². The number of hydrogen-bond acceptors (Lipinski definition) is 15. The van der Waals surface area contributed by atoms with E-state index in [4.69, 9.17) is 9.47 Å². The van der Waals surface area contributed by atoms with Gasteiger partial charge < -0.3 is 70.7 Å². The summed E-state index contributed by atoms with van der Waals surface area (Å²) in [7, 11) is 7.85. The molecule has 7 aliphatic heterocycles. The Kier molecular flexibility index (Phi) is 46.8. The van der Waals surface area contributed by atoms with Gasteiger partial charge in [0, 0.05) is 88.5 Å². The number of rotatable bonds is 36. The molecule has 0 aliphatic carbocycles. The Labute approximate surface area is 811 Å². The van der Waals surface area contributed by atoms with Crippen molar-refractivity contribution in [1.82, 2.24) is 51.1 Å². The molecule has 138 heavy (non-hydrogen) atoms. The molecule has 7 aliphatic rings. The number of aliphatic hydroxyl groups excluding tert-OH is 2. The van der Waals surface area contributed by atoms with E-state index in [1.165, 1.54) is 126 Å². The fourth-order valence-corrected chi connectivity index (χ4v) is 21.2. The number of likely N-dealkylation sites (N-methyl/N-ethyl adjacent to an activating group) is 3. The molecule has 0 bridgehead atoms. The maximum atomic E-state index is 13.6. The van der Waals surface area contributed by atoms with Crippen molar-refractivity contribution in [2.45, 2.75) is 301 Å². The van der Waals surface area contributed by atoms with Crippen LogP contribution in [0.3, 0.4) is 0 Å². The molecular formula is C109H150F10N10O9. The van der Waals surface area contributed by atoms with Gasteiger partial charge in [-0.1, -0.05) is 159 Å². The van der Waals surface area contributed by atoms with Crippen LogP contribution in [0.15, 0.2) is 152 Å². The molecule has 7 aromatic rings. The molecule has 0 aromatic heterocycles. The monoisotopic (exact) mass is 1930 g/mol. The van der Waals surface area contributed by atoms with Crippen LogP contribution in [0.2, 0.25) is 0 Å². The quantitative estimate of drug-likeness (QED) is 0.0143. The van der Waals surface area contributed by atoms with E-state index in [9.17, 15) is 78.1 Å². The van der Waals surface area contributed by atoms with Gasteiger partial charge in [0.1, 0.15) is 76.7 Å². The zero-order valence-electron chi connectivity index (χ0n) is 82.5. The number of amides is 4. The summed E-state index contributed by atoms with van der Waals surface area (Å²) in [5, 5.41) is 36.9. The van der Waals surface area contributed by atoms with Crippen molar-refractivity contribution in [1.29, 1.82) is 0 Å². The van der Waals surface area contributed by atoms with Crippen molar-refractivity contribution < 1.29 is 87.6 Å². The Morgan fingerprint density at radius 2 is 0.783 bits per heavy atom. The van der Waals surface area contributed by atoms with Crippen LogP contribution in [0.25, 0.3) is 0 Å². The predicted octanol–water partition coefficient (Wildman–Crippen LogP) is 19.3. The number of piperidine rings is 5. The minimum Gasteiger partial charge on any atom is -0.442 e. The lowest BCUT2D eigenvalue weighted by Gasteiger charge is -2.42. The Bertz CT molecular complexity index is 4720. The summed E-state index contributed by atoms with van der Waals surface area (Å²) >= 11 is 0. The van der Waals surface area contributed by atoms with Crippen molar-refractivity contribution in [3.05, 3.63) is 249 Å². The summed E-state index contributed by atoms with van der Waals surface area (Å²) in [5.41, 5.74) is 4.58. The smallest absolute Gasteiger partial charge is 0.410 e. The van der Waals surface area contributed by atoms with Crippen molar-refractivity contribution in [2.75, 3.05) is 67.5 Å². The molecule has 0 radical (unpaired) electrons. The molecule has 7 N–H and O–H groups in total. The third-order valence-corrected chi connectivity index (χ3v) is 28.0. The zero-order valence-corrected chi connectivity index (χ0v) is 82.5. The average Bonchev–Trinajstić information content (AvgIpc) is 1.64. The van der Waals surface area contributed by atoms with E-state index in [0.29, 0.717) is 84.0 Å². The highest BCUT2D eigenvalue weighted by Gasteiger charge is 2.50. The van der Waals surface area contributed by atoms with Gasteiger partial charge in [-0.15, -0.1) is 0 Å². The molecule has 29 heteroatoms. The summed E-state index contributed by atoms with van der Waals surface area (Å²) in [6.45, 7) is 20.7. The minimum absolute atomic E-state index is 0.0358. The largest absolute Gasteiger partial charge is 0.442 e. The highest BCUT2D eigenvalue weighted by Crippen LogP contribution is 2.39. The topological polar surface area (TPSA) is 221 Å². The molecule has 760 valence electrons. The highest BCUT2D eigenvalue weighted by molar-refractivity contribution is 5.75. The molecule has 7 saturated heterocycles. The lowest BCUT2D eigenvalue weighted by atomic mass is 9.83. The first-order valence-electron chi connectivity index (χ1n) is 50.0. The van der Waals surface area contributed by atoms with Crippen molar-refractivity contribution in [3.8, 4) is 0 Å². The molecule has 0 saturated carbocycles. The molecule has 7 fully saturated rings. The van der Waals surface area contributed by atoms with Crippen LogP contribution in [0.4, 0.5) is 53.5 Å². The second kappa shape index (κ2) is 57.5. The molecule has 14 rings (SSSR count). The molecule has 7 heterocycles. The van der Waals surface area contributed by atoms with Gasteiger partial charge in [-0.3, -0.25) is 14.5 Å². The number of halogens is 10. The number of cyclic esters (lactones) is 2. The number of hydrogen-bond donors (Lipinski definition) is 7. The fraction of sp³-hybridized carbons (Fsp3) is 0.569. The van der Waals surface area contributed by atoms with E-state index in [2.05, 4.69) is 78.1 Å². The highest BCUT2D eigenvalue weighted by atomic mass is 19.2. The number of fused-ring (bicyclic) bond motifs is 2. The van der Waals surface area contributed by atoms with Gasteiger partial charge in [-0.25, -0.2) is 53.5 Å². The summed E-state index contributed by atoms with van der Waals surface area (Å²) in [6.07, 6.45) is 21.9. The number of nitrogens with one attached hydrogen (secondary N) is 5. The van der Waals surface area contributed by atoms with Gasteiger partial charge in [0.05, 0.1) is 48.5 Å². The first-order chi connectivity index (χ1) is 66.2. The van der Waals surface area contributed by atoms with Crippen LogP contribution in [-0.2, 0) is 69.1 Å². The second-order valence-corrected chi connectivity index (χ2v) is 39.0. The first kappa shape index (κ1) is 112. The predicted molar refractivity (Wildman–Crippen MR) is 521 cm³/mol. The second-order valence-electron chi connectivity index (χ2n) is 39.0. The van der Waals surface area contributed by atoms with Crippen LogP contribution < -0.4 is 26.6 Å². The normalized spacial score (nSPS) is 22.5. The molecule has 7 aromatic carbocycles. The van der Waals surface area contributed by atoms with Crippen molar-refractivity contribution in [2.24, 2.45) is 29.6 Å². The number of nitrogens with zero attached hydrogens (tertiary/aromatic N) is 5. The molecule has 19 nitrogen and oxygen atoms in total.